The van der Waals surface area contributed by atoms with E-state index in [0.717, 1.165) is 18.3 Å². The molecule has 0 aromatic carbocycles. The fourth-order valence-electron chi connectivity index (χ4n) is 1.70. The van der Waals surface area contributed by atoms with Crippen molar-refractivity contribution in [3.05, 3.63) is 11.1 Å². The Bertz CT molecular complexity index is 389. The average molecular weight is 254 g/mol. The maximum absolute atomic E-state index is 11.6. The van der Waals surface area contributed by atoms with Crippen molar-refractivity contribution in [3.8, 4) is 0 Å². The third-order valence-electron chi connectivity index (χ3n) is 2.87. The van der Waals surface area contributed by atoms with Crippen LogP contribution in [-0.4, -0.2) is 42.0 Å². The number of nitrogen functional groups attached to an aromatic ring is 1. The van der Waals surface area contributed by atoms with Crippen molar-refractivity contribution in [2.75, 3.05) is 25.9 Å². The zero-order chi connectivity index (χ0) is 12.3. The molecule has 2 rings (SSSR count). The van der Waals surface area contributed by atoms with Gasteiger partial charge in [-0.05, 0) is 19.9 Å². The molecule has 1 aliphatic rings. The van der Waals surface area contributed by atoms with Crippen LogP contribution in [0.25, 0.3) is 0 Å². The Morgan fingerprint density at radius 3 is 3.06 bits per heavy atom. The average Bonchev–Trinajstić information content (AvgIpc) is 3.04. The first kappa shape index (κ1) is 12.3. The van der Waals surface area contributed by atoms with Crippen LogP contribution in [0.1, 0.15) is 18.5 Å². The summed E-state index contributed by atoms with van der Waals surface area (Å²) in [6, 6.07) is 0.741. The monoisotopic (exact) mass is 254 g/mol. The minimum atomic E-state index is 0.0134. The van der Waals surface area contributed by atoms with Crippen LogP contribution in [0.5, 0.6) is 0 Å². The molecule has 1 aromatic heterocycles. The van der Waals surface area contributed by atoms with E-state index < -0.39 is 0 Å². The fourth-order valence-corrected chi connectivity index (χ4v) is 2.26. The van der Waals surface area contributed by atoms with Crippen molar-refractivity contribution in [1.29, 1.82) is 0 Å². The lowest BCUT2D eigenvalue weighted by molar-refractivity contribution is -0.120. The van der Waals surface area contributed by atoms with Crippen LogP contribution in [0.4, 0.5) is 5.13 Å². The minimum Gasteiger partial charge on any atom is -0.375 e. The van der Waals surface area contributed by atoms with Crippen LogP contribution in [-0.2, 0) is 11.2 Å². The molecule has 5 nitrogen and oxygen atoms in total. The Morgan fingerprint density at radius 2 is 2.47 bits per heavy atom. The van der Waals surface area contributed by atoms with Gasteiger partial charge in [-0.25, -0.2) is 4.98 Å². The number of likely N-dealkylation sites (N-methyl/N-ethyl adjacent to an activating group) is 1. The Morgan fingerprint density at radius 1 is 1.71 bits per heavy atom. The molecule has 0 atom stereocenters. The number of carbonyl (C=O) groups is 1. The van der Waals surface area contributed by atoms with Gasteiger partial charge in [0.05, 0.1) is 12.1 Å². The van der Waals surface area contributed by atoms with E-state index in [0.29, 0.717) is 18.1 Å². The third-order valence-corrected chi connectivity index (χ3v) is 3.59. The van der Waals surface area contributed by atoms with E-state index in [2.05, 4.69) is 22.2 Å². The molecule has 94 valence electrons. The summed E-state index contributed by atoms with van der Waals surface area (Å²) >= 11 is 1.37. The second-order valence-corrected chi connectivity index (χ2v) is 5.31. The van der Waals surface area contributed by atoms with E-state index in [9.17, 15) is 4.79 Å². The normalized spacial score (nSPS) is 15.2. The SMILES string of the molecule is CN(CCNC(=O)Cc1csc(N)n1)C1CC1. The molecule has 1 saturated carbocycles. The predicted molar refractivity (Wildman–Crippen MR) is 68.9 cm³/mol. The summed E-state index contributed by atoms with van der Waals surface area (Å²) < 4.78 is 0. The summed E-state index contributed by atoms with van der Waals surface area (Å²) in [4.78, 5) is 17.9. The zero-order valence-electron chi connectivity index (χ0n) is 9.98. The smallest absolute Gasteiger partial charge is 0.226 e. The van der Waals surface area contributed by atoms with Crippen LogP contribution >= 0.6 is 11.3 Å². The maximum Gasteiger partial charge on any atom is 0.226 e. The summed E-state index contributed by atoms with van der Waals surface area (Å²) in [5.74, 6) is 0.0134. The lowest BCUT2D eigenvalue weighted by Crippen LogP contribution is -2.34. The molecule has 1 fully saturated rings. The molecular formula is C11H18N4OS. The summed E-state index contributed by atoms with van der Waals surface area (Å²) in [5.41, 5.74) is 6.25. The van der Waals surface area contributed by atoms with Crippen molar-refractivity contribution in [2.24, 2.45) is 0 Å². The first-order chi connectivity index (χ1) is 8.15. The lowest BCUT2D eigenvalue weighted by atomic mass is 10.3. The number of hydrogen-bond donors (Lipinski definition) is 2. The number of rotatable bonds is 6. The highest BCUT2D eigenvalue weighted by molar-refractivity contribution is 7.13. The van der Waals surface area contributed by atoms with Gasteiger partial charge < -0.3 is 16.0 Å². The molecule has 0 bridgehead atoms. The van der Waals surface area contributed by atoms with Gasteiger partial charge >= 0.3 is 0 Å². The zero-order valence-corrected chi connectivity index (χ0v) is 10.8. The van der Waals surface area contributed by atoms with Crippen molar-refractivity contribution in [2.45, 2.75) is 25.3 Å². The molecule has 1 aromatic rings. The first-order valence-electron chi connectivity index (χ1n) is 5.82. The van der Waals surface area contributed by atoms with Gasteiger partial charge in [0, 0.05) is 24.5 Å². The van der Waals surface area contributed by atoms with Crippen molar-refractivity contribution in [3.63, 3.8) is 0 Å². The minimum absolute atomic E-state index is 0.0134. The van der Waals surface area contributed by atoms with E-state index in [-0.39, 0.29) is 5.91 Å². The maximum atomic E-state index is 11.6. The molecule has 3 N–H and O–H groups in total. The van der Waals surface area contributed by atoms with E-state index in [1.807, 2.05) is 5.38 Å². The largest absolute Gasteiger partial charge is 0.375 e. The molecule has 17 heavy (non-hydrogen) atoms. The van der Waals surface area contributed by atoms with E-state index in [4.69, 9.17) is 5.73 Å². The molecule has 0 saturated heterocycles. The number of nitrogens with two attached hydrogens (primary N) is 1. The quantitative estimate of drug-likeness (QED) is 0.774. The molecule has 6 heteroatoms. The van der Waals surface area contributed by atoms with E-state index in [1.54, 1.807) is 0 Å². The number of anilines is 1. The van der Waals surface area contributed by atoms with Gasteiger partial charge in [0.15, 0.2) is 5.13 Å². The Hall–Kier alpha value is -1.14. The Labute approximate surface area is 105 Å². The molecule has 1 heterocycles. The molecule has 0 spiro atoms. The number of aromatic nitrogens is 1. The van der Waals surface area contributed by atoms with Crippen LogP contribution in [0.2, 0.25) is 0 Å². The van der Waals surface area contributed by atoms with Crippen molar-refractivity contribution in [1.82, 2.24) is 15.2 Å². The number of carbonyl (C=O) groups excluding carboxylic acids is 1. The van der Waals surface area contributed by atoms with Gasteiger partial charge in [-0.1, -0.05) is 0 Å². The van der Waals surface area contributed by atoms with Crippen LogP contribution in [0.3, 0.4) is 0 Å². The first-order valence-corrected chi connectivity index (χ1v) is 6.70. The Kier molecular flexibility index (Phi) is 3.96. The summed E-state index contributed by atoms with van der Waals surface area (Å²) in [7, 11) is 2.10. The lowest BCUT2D eigenvalue weighted by Gasteiger charge is -2.15. The fraction of sp³-hybridized carbons (Fsp3) is 0.636. The van der Waals surface area contributed by atoms with Crippen molar-refractivity contribution < 1.29 is 4.79 Å². The summed E-state index contributed by atoms with van der Waals surface area (Å²) in [6.45, 7) is 1.61. The number of amides is 1. The molecule has 0 radical (unpaired) electrons. The van der Waals surface area contributed by atoms with Gasteiger partial charge in [0.2, 0.25) is 5.91 Å². The Balaban J connectivity index is 1.63. The topological polar surface area (TPSA) is 71.2 Å². The second kappa shape index (κ2) is 5.46. The number of hydrogen-bond acceptors (Lipinski definition) is 5. The highest BCUT2D eigenvalue weighted by Crippen LogP contribution is 2.24. The second-order valence-electron chi connectivity index (χ2n) is 4.42. The van der Waals surface area contributed by atoms with Gasteiger partial charge in [-0.15, -0.1) is 11.3 Å². The van der Waals surface area contributed by atoms with Crippen LogP contribution in [0, 0.1) is 0 Å². The summed E-state index contributed by atoms with van der Waals surface area (Å²) in [6.07, 6.45) is 2.91. The molecular weight excluding hydrogens is 236 g/mol. The van der Waals surface area contributed by atoms with Gasteiger partial charge in [-0.2, -0.15) is 0 Å². The molecule has 1 aliphatic carbocycles. The van der Waals surface area contributed by atoms with Gasteiger partial charge in [0.25, 0.3) is 0 Å². The summed E-state index contributed by atoms with van der Waals surface area (Å²) in [5, 5.41) is 5.24. The van der Waals surface area contributed by atoms with Crippen LogP contribution < -0.4 is 11.1 Å². The third kappa shape index (κ3) is 3.98. The number of thiazole rings is 1. The number of nitrogens with zero attached hydrogens (tertiary/aromatic N) is 2. The molecule has 1 amide bonds. The van der Waals surface area contributed by atoms with Crippen LogP contribution in [0.15, 0.2) is 5.38 Å². The highest BCUT2D eigenvalue weighted by Gasteiger charge is 2.25. The molecule has 0 aliphatic heterocycles. The number of nitrogens with one attached hydrogen (secondary N) is 1. The highest BCUT2D eigenvalue weighted by atomic mass is 32.1. The standard InChI is InChI=1S/C11H18N4OS/c1-15(9-2-3-9)5-4-13-10(16)6-8-7-17-11(12)14-8/h7,9H,2-6H2,1H3,(H2,12,14)(H,13,16). The van der Waals surface area contributed by atoms with Gasteiger partial charge in [-0.3, -0.25) is 4.79 Å². The molecule has 0 unspecified atom stereocenters. The van der Waals surface area contributed by atoms with E-state index in [1.165, 1.54) is 24.2 Å². The van der Waals surface area contributed by atoms with Gasteiger partial charge in [0.1, 0.15) is 0 Å². The van der Waals surface area contributed by atoms with E-state index >= 15 is 0 Å². The van der Waals surface area contributed by atoms with Crippen molar-refractivity contribution >= 4 is 22.4 Å². The predicted octanol–water partition coefficient (Wildman–Crippen LogP) is 0.478.